The summed E-state index contributed by atoms with van der Waals surface area (Å²) in [6.07, 6.45) is -10.7. The summed E-state index contributed by atoms with van der Waals surface area (Å²) < 4.78 is 88.7. The lowest BCUT2D eigenvalue weighted by molar-refractivity contribution is -0.143. The molecule has 1 unspecified atom stereocenters. The zero-order valence-corrected chi connectivity index (χ0v) is 17.8. The second kappa shape index (κ2) is 9.53. The summed E-state index contributed by atoms with van der Waals surface area (Å²) in [4.78, 5) is 25.1. The second-order valence-electron chi connectivity index (χ2n) is 7.66. The van der Waals surface area contributed by atoms with Gasteiger partial charge in [-0.25, -0.2) is 14.5 Å². The number of alkyl halides is 6. The van der Waals surface area contributed by atoms with Crippen molar-refractivity contribution in [3.8, 4) is 0 Å². The maximum Gasteiger partial charge on any atom is 0.417 e. The smallest absolute Gasteiger partial charge is 0.417 e. The van der Waals surface area contributed by atoms with Crippen LogP contribution in [0.4, 0.5) is 35.9 Å². The summed E-state index contributed by atoms with van der Waals surface area (Å²) in [5, 5.41) is 2.67. The molecule has 34 heavy (non-hydrogen) atoms. The molecule has 3 rings (SSSR count). The Kier molecular flexibility index (Phi) is 7.10. The van der Waals surface area contributed by atoms with E-state index in [9.17, 15) is 35.9 Å². The van der Waals surface area contributed by atoms with Gasteiger partial charge in [0.2, 0.25) is 0 Å². The van der Waals surface area contributed by atoms with Crippen LogP contribution >= 0.6 is 0 Å². The Bertz CT molecular complexity index is 1010. The third kappa shape index (κ3) is 5.61. The van der Waals surface area contributed by atoms with Gasteiger partial charge in [-0.05, 0) is 35.7 Å². The van der Waals surface area contributed by atoms with Crippen LogP contribution < -0.4 is 5.32 Å². The van der Waals surface area contributed by atoms with Gasteiger partial charge in [-0.2, -0.15) is 26.3 Å². The molecule has 2 aromatic carbocycles. The Morgan fingerprint density at radius 1 is 1.03 bits per heavy atom. The highest BCUT2D eigenvalue weighted by Gasteiger charge is 2.42. The van der Waals surface area contributed by atoms with Crippen molar-refractivity contribution in [2.45, 2.75) is 30.9 Å². The van der Waals surface area contributed by atoms with E-state index in [2.05, 4.69) is 10.1 Å². The number of benzene rings is 2. The lowest BCUT2D eigenvalue weighted by Crippen LogP contribution is -2.61. The average molecular weight is 490 g/mol. The van der Waals surface area contributed by atoms with E-state index in [0.29, 0.717) is 17.7 Å². The number of carbonyl (C=O) groups excluding carboxylic acids is 2. The van der Waals surface area contributed by atoms with Gasteiger partial charge in [0.15, 0.2) is 0 Å². The monoisotopic (exact) mass is 490 g/mol. The van der Waals surface area contributed by atoms with Crippen LogP contribution in [0.25, 0.3) is 0 Å². The van der Waals surface area contributed by atoms with Crippen molar-refractivity contribution in [3.05, 3.63) is 70.8 Å². The number of nitrogens with zero attached hydrogens (tertiary/aromatic N) is 1. The molecule has 1 aliphatic heterocycles. The summed E-state index contributed by atoms with van der Waals surface area (Å²) in [7, 11) is 1.11. The van der Waals surface area contributed by atoms with Crippen molar-refractivity contribution in [2.24, 2.45) is 0 Å². The van der Waals surface area contributed by atoms with Gasteiger partial charge in [-0.3, -0.25) is 0 Å². The molecular weight excluding hydrogens is 470 g/mol. The third-order valence-corrected chi connectivity index (χ3v) is 5.34. The third-order valence-electron chi connectivity index (χ3n) is 5.34. The number of carbonyl (C=O) groups is 2. The van der Waals surface area contributed by atoms with Crippen LogP contribution in [0.5, 0.6) is 0 Å². The van der Waals surface area contributed by atoms with E-state index in [1.807, 2.05) is 0 Å². The first-order chi connectivity index (χ1) is 15.9. The number of amides is 3. The van der Waals surface area contributed by atoms with Gasteiger partial charge in [0, 0.05) is 6.54 Å². The minimum Gasteiger partial charge on any atom is -0.452 e. The van der Waals surface area contributed by atoms with Crippen LogP contribution in [0.2, 0.25) is 0 Å². The standard InChI is InChI=1S/C22H20F6N2O4/c1-33-19(32)30-8-7-20(29-18(30)31,15-5-3-2-4-6-15)13-34-12-14-9-16(21(23,24)25)11-17(10-14)22(26,27)28/h2-6,9-11H,7-8,12-13H2,1H3,(H,29,31). The van der Waals surface area contributed by atoms with Crippen LogP contribution in [0, 0.1) is 0 Å². The average Bonchev–Trinajstić information content (AvgIpc) is 2.78. The summed E-state index contributed by atoms with van der Waals surface area (Å²) >= 11 is 0. The fraction of sp³-hybridized carbons (Fsp3) is 0.364. The molecule has 1 atom stereocenters. The highest BCUT2D eigenvalue weighted by molar-refractivity contribution is 5.92. The molecular formula is C22H20F6N2O4. The molecule has 1 fully saturated rings. The Morgan fingerprint density at radius 3 is 2.12 bits per heavy atom. The highest BCUT2D eigenvalue weighted by Crippen LogP contribution is 2.37. The Hall–Kier alpha value is -3.28. The predicted molar refractivity (Wildman–Crippen MR) is 106 cm³/mol. The summed E-state index contributed by atoms with van der Waals surface area (Å²) in [6, 6.07) is 8.92. The molecule has 12 heteroatoms. The molecule has 2 aromatic rings. The number of methoxy groups -OCH3 is 1. The van der Waals surface area contributed by atoms with Crippen molar-refractivity contribution in [1.29, 1.82) is 0 Å². The van der Waals surface area contributed by atoms with E-state index in [1.54, 1.807) is 30.3 Å². The summed E-state index contributed by atoms with van der Waals surface area (Å²) in [5.41, 5.74) is -3.80. The Labute approximate surface area is 190 Å². The SMILES string of the molecule is COC(=O)N1CCC(COCc2cc(C(F)(F)F)cc(C(F)(F)F)c2)(c2ccccc2)NC1=O. The van der Waals surface area contributed by atoms with E-state index in [0.717, 1.165) is 12.0 Å². The molecule has 0 bridgehead atoms. The first kappa shape index (κ1) is 25.3. The zero-order valence-electron chi connectivity index (χ0n) is 17.8. The second-order valence-corrected chi connectivity index (χ2v) is 7.66. The van der Waals surface area contributed by atoms with Gasteiger partial charge in [-0.1, -0.05) is 30.3 Å². The fourth-order valence-corrected chi connectivity index (χ4v) is 3.63. The number of nitrogens with one attached hydrogen (secondary N) is 1. The van der Waals surface area contributed by atoms with E-state index < -0.39 is 47.7 Å². The van der Waals surface area contributed by atoms with E-state index >= 15 is 0 Å². The number of urea groups is 1. The van der Waals surface area contributed by atoms with Gasteiger partial charge in [0.05, 0.1) is 37.0 Å². The van der Waals surface area contributed by atoms with Crippen molar-refractivity contribution in [2.75, 3.05) is 20.3 Å². The molecule has 0 saturated carbocycles. The van der Waals surface area contributed by atoms with Crippen LogP contribution in [-0.4, -0.2) is 37.3 Å². The number of hydrogen-bond acceptors (Lipinski definition) is 4. The maximum atomic E-state index is 13.1. The molecule has 3 amide bonds. The number of ether oxygens (including phenoxy) is 2. The normalized spacial score (nSPS) is 19.0. The lowest BCUT2D eigenvalue weighted by Gasteiger charge is -2.41. The van der Waals surface area contributed by atoms with Crippen molar-refractivity contribution in [1.82, 2.24) is 10.2 Å². The van der Waals surface area contributed by atoms with Gasteiger partial charge in [-0.15, -0.1) is 0 Å². The summed E-state index contributed by atoms with van der Waals surface area (Å²) in [5.74, 6) is 0. The highest BCUT2D eigenvalue weighted by atomic mass is 19.4. The van der Waals surface area contributed by atoms with Crippen LogP contribution in [0.1, 0.15) is 28.7 Å². The molecule has 0 radical (unpaired) electrons. The first-order valence-electron chi connectivity index (χ1n) is 9.95. The van der Waals surface area contributed by atoms with E-state index in [-0.39, 0.29) is 31.2 Å². The Morgan fingerprint density at radius 2 is 1.62 bits per heavy atom. The van der Waals surface area contributed by atoms with Crippen molar-refractivity contribution < 1.29 is 45.4 Å². The van der Waals surface area contributed by atoms with Gasteiger partial charge in [0.1, 0.15) is 0 Å². The van der Waals surface area contributed by atoms with Crippen LogP contribution in [0.3, 0.4) is 0 Å². The molecule has 0 aromatic heterocycles. The quantitative estimate of drug-likeness (QED) is 0.577. The molecule has 6 nitrogen and oxygen atoms in total. The lowest BCUT2D eigenvalue weighted by atomic mass is 9.85. The maximum absolute atomic E-state index is 13.1. The zero-order chi connectivity index (χ0) is 25.1. The topological polar surface area (TPSA) is 67.9 Å². The van der Waals surface area contributed by atoms with E-state index in [1.165, 1.54) is 0 Å². The Balaban J connectivity index is 1.84. The van der Waals surface area contributed by atoms with Crippen LogP contribution in [-0.2, 0) is 34.0 Å². The van der Waals surface area contributed by atoms with Crippen molar-refractivity contribution >= 4 is 12.1 Å². The first-order valence-corrected chi connectivity index (χ1v) is 9.95. The molecule has 184 valence electrons. The predicted octanol–water partition coefficient (Wildman–Crippen LogP) is 5.32. The van der Waals surface area contributed by atoms with Crippen LogP contribution in [0.15, 0.2) is 48.5 Å². The minimum absolute atomic E-state index is 0.0394. The van der Waals surface area contributed by atoms with E-state index in [4.69, 9.17) is 4.74 Å². The number of imide groups is 1. The summed E-state index contributed by atoms with van der Waals surface area (Å²) in [6.45, 7) is -0.883. The minimum atomic E-state index is -4.98. The number of hydrogen-bond donors (Lipinski definition) is 1. The molecule has 1 aliphatic rings. The molecule has 0 aliphatic carbocycles. The number of rotatable bonds is 5. The molecule has 0 spiro atoms. The largest absolute Gasteiger partial charge is 0.452 e. The molecule has 1 N–H and O–H groups in total. The van der Waals surface area contributed by atoms with Gasteiger partial charge in [0.25, 0.3) is 0 Å². The fourth-order valence-electron chi connectivity index (χ4n) is 3.63. The molecule has 1 saturated heterocycles. The number of halogens is 6. The molecule has 1 heterocycles. The van der Waals surface area contributed by atoms with Crippen molar-refractivity contribution in [3.63, 3.8) is 0 Å². The van der Waals surface area contributed by atoms with Gasteiger partial charge >= 0.3 is 24.5 Å². The van der Waals surface area contributed by atoms with Gasteiger partial charge < -0.3 is 14.8 Å².